The lowest BCUT2D eigenvalue weighted by atomic mass is 9.85. The molecule has 3 aliphatic rings. The molecule has 6 heteroatoms. The fourth-order valence-electron chi connectivity index (χ4n) is 4.86. The van der Waals surface area contributed by atoms with E-state index in [2.05, 4.69) is 17.5 Å². The third kappa shape index (κ3) is 2.72. The van der Waals surface area contributed by atoms with Gasteiger partial charge in [-0.05, 0) is 67.1 Å². The lowest BCUT2D eigenvalue weighted by Gasteiger charge is -2.17. The summed E-state index contributed by atoms with van der Waals surface area (Å²) in [6, 6.07) is 11.9. The Labute approximate surface area is 173 Å². The van der Waals surface area contributed by atoms with Gasteiger partial charge in [-0.15, -0.1) is 0 Å². The molecule has 5 nitrogen and oxygen atoms in total. The van der Waals surface area contributed by atoms with Crippen LogP contribution in [-0.2, 0) is 9.59 Å². The smallest absolute Gasteiger partial charge is 0.255 e. The quantitative estimate of drug-likeness (QED) is 0.613. The van der Waals surface area contributed by atoms with Crippen molar-refractivity contribution < 1.29 is 14.4 Å². The summed E-state index contributed by atoms with van der Waals surface area (Å²) in [5.74, 6) is -0.625. The number of rotatable bonds is 3. The molecule has 1 N–H and O–H groups in total. The Bertz CT molecular complexity index is 1050. The van der Waals surface area contributed by atoms with E-state index >= 15 is 0 Å². The molecule has 1 saturated carbocycles. The van der Waals surface area contributed by atoms with Gasteiger partial charge in [-0.25, -0.2) is 0 Å². The second-order valence-corrected chi connectivity index (χ2v) is 8.33. The van der Waals surface area contributed by atoms with Crippen LogP contribution in [0.4, 0.5) is 11.4 Å². The van der Waals surface area contributed by atoms with Crippen molar-refractivity contribution in [1.29, 1.82) is 0 Å². The van der Waals surface area contributed by atoms with Gasteiger partial charge in [0.15, 0.2) is 0 Å². The van der Waals surface area contributed by atoms with Crippen molar-refractivity contribution in [3.63, 3.8) is 0 Å². The number of carbonyl (C=O) groups is 3. The van der Waals surface area contributed by atoms with Crippen molar-refractivity contribution in [2.45, 2.75) is 13.3 Å². The van der Waals surface area contributed by atoms with Crippen LogP contribution in [0.25, 0.3) is 0 Å². The Morgan fingerprint density at radius 3 is 2.24 bits per heavy atom. The lowest BCUT2D eigenvalue weighted by molar-refractivity contribution is -0.123. The topological polar surface area (TPSA) is 66.5 Å². The predicted molar refractivity (Wildman–Crippen MR) is 111 cm³/mol. The third-order valence-electron chi connectivity index (χ3n) is 6.37. The van der Waals surface area contributed by atoms with E-state index in [0.717, 1.165) is 12.0 Å². The number of benzene rings is 2. The Balaban J connectivity index is 1.36. The molecule has 4 atom stereocenters. The highest BCUT2D eigenvalue weighted by atomic mass is 35.5. The first kappa shape index (κ1) is 18.1. The van der Waals surface area contributed by atoms with E-state index in [1.807, 2.05) is 6.92 Å². The van der Waals surface area contributed by atoms with Crippen LogP contribution in [0.2, 0.25) is 5.02 Å². The standard InChI is InChI=1S/C23H19ClN2O3/c1-12-17(24)3-2-4-18(12)25-21(27)13-7-9-16(10-8-13)26-22(28)19-14-5-6-15(11-14)20(19)23(26)29/h2-10,14-15,19-20H,11H2,1H3,(H,25,27)/t14-,15-,19-,20+/m1/s1. The fraction of sp³-hybridized carbons (Fsp3) is 0.261. The molecule has 3 amide bonds. The Hall–Kier alpha value is -2.92. The summed E-state index contributed by atoms with van der Waals surface area (Å²) in [7, 11) is 0. The van der Waals surface area contributed by atoms with Gasteiger partial charge in [-0.3, -0.25) is 19.3 Å². The second kappa shape index (κ2) is 6.56. The average Bonchev–Trinajstić information content (AvgIpc) is 3.39. The normalized spacial score (nSPS) is 26.9. The molecule has 29 heavy (non-hydrogen) atoms. The fourth-order valence-corrected chi connectivity index (χ4v) is 5.03. The molecule has 0 spiro atoms. The van der Waals surface area contributed by atoms with Gasteiger partial charge in [0.25, 0.3) is 5.91 Å². The maximum absolute atomic E-state index is 12.9. The number of nitrogens with one attached hydrogen (secondary N) is 1. The molecule has 2 aliphatic carbocycles. The highest BCUT2D eigenvalue weighted by Crippen LogP contribution is 2.53. The zero-order valence-electron chi connectivity index (χ0n) is 15.8. The molecule has 2 aromatic rings. The predicted octanol–water partition coefficient (Wildman–Crippen LogP) is 4.21. The minimum absolute atomic E-state index is 0.122. The van der Waals surface area contributed by atoms with Crippen molar-refractivity contribution in [2.75, 3.05) is 10.2 Å². The number of amides is 3. The Kier molecular flexibility index (Phi) is 4.10. The number of imide groups is 1. The minimum atomic E-state index is -0.278. The summed E-state index contributed by atoms with van der Waals surface area (Å²) in [6.45, 7) is 1.84. The molecule has 0 unspecified atom stereocenters. The largest absolute Gasteiger partial charge is 0.322 e. The summed E-state index contributed by atoms with van der Waals surface area (Å²) in [6.07, 6.45) is 5.06. The van der Waals surface area contributed by atoms with Crippen LogP contribution in [0, 0.1) is 30.6 Å². The van der Waals surface area contributed by atoms with Crippen LogP contribution in [0.3, 0.4) is 0 Å². The number of fused-ring (bicyclic) bond motifs is 5. The molecular weight excluding hydrogens is 388 g/mol. The molecule has 0 radical (unpaired) electrons. The van der Waals surface area contributed by atoms with Crippen molar-refractivity contribution in [1.82, 2.24) is 0 Å². The van der Waals surface area contributed by atoms with E-state index < -0.39 is 0 Å². The van der Waals surface area contributed by atoms with Gasteiger partial charge < -0.3 is 5.32 Å². The first-order valence-electron chi connectivity index (χ1n) is 9.68. The number of halogens is 1. The summed E-state index contributed by atoms with van der Waals surface area (Å²) in [4.78, 5) is 39.7. The monoisotopic (exact) mass is 406 g/mol. The van der Waals surface area contributed by atoms with Gasteiger partial charge in [0.2, 0.25) is 11.8 Å². The van der Waals surface area contributed by atoms with Crippen molar-refractivity contribution in [2.24, 2.45) is 23.7 Å². The molecule has 5 rings (SSSR count). The van der Waals surface area contributed by atoms with Gasteiger partial charge >= 0.3 is 0 Å². The zero-order chi connectivity index (χ0) is 20.3. The maximum Gasteiger partial charge on any atom is 0.255 e. The molecule has 0 aromatic heterocycles. The molecule has 2 aromatic carbocycles. The first-order valence-corrected chi connectivity index (χ1v) is 10.1. The van der Waals surface area contributed by atoms with E-state index in [0.29, 0.717) is 22.0 Å². The summed E-state index contributed by atoms with van der Waals surface area (Å²) in [5, 5.41) is 3.43. The Morgan fingerprint density at radius 1 is 1.00 bits per heavy atom. The lowest BCUT2D eigenvalue weighted by Crippen LogP contribution is -2.32. The molecule has 1 aliphatic heterocycles. The SMILES string of the molecule is Cc1c(Cl)cccc1NC(=O)c1ccc(N2C(=O)[C@@H]3[C@H](C2=O)[C@@H]2C=C[C@@H]3C2)cc1. The van der Waals surface area contributed by atoms with Gasteiger partial charge in [-0.1, -0.05) is 29.8 Å². The van der Waals surface area contributed by atoms with E-state index in [-0.39, 0.29) is 41.4 Å². The van der Waals surface area contributed by atoms with Crippen LogP contribution in [-0.4, -0.2) is 17.7 Å². The highest BCUT2D eigenvalue weighted by molar-refractivity contribution is 6.31. The molecule has 1 heterocycles. The van der Waals surface area contributed by atoms with E-state index in [1.54, 1.807) is 42.5 Å². The molecule has 1 saturated heterocycles. The van der Waals surface area contributed by atoms with Crippen LogP contribution < -0.4 is 10.2 Å². The van der Waals surface area contributed by atoms with E-state index in [4.69, 9.17) is 11.6 Å². The number of hydrogen-bond donors (Lipinski definition) is 1. The maximum atomic E-state index is 12.9. The summed E-state index contributed by atoms with van der Waals surface area (Å²) < 4.78 is 0. The minimum Gasteiger partial charge on any atom is -0.322 e. The molecule has 2 bridgehead atoms. The molecule has 2 fully saturated rings. The summed E-state index contributed by atoms with van der Waals surface area (Å²) >= 11 is 6.10. The van der Waals surface area contributed by atoms with Gasteiger partial charge in [-0.2, -0.15) is 0 Å². The number of hydrogen-bond acceptors (Lipinski definition) is 3. The van der Waals surface area contributed by atoms with Gasteiger partial charge in [0.05, 0.1) is 17.5 Å². The third-order valence-corrected chi connectivity index (χ3v) is 6.78. The first-order chi connectivity index (χ1) is 14.0. The number of anilines is 2. The van der Waals surface area contributed by atoms with Gasteiger partial charge in [0.1, 0.15) is 0 Å². The van der Waals surface area contributed by atoms with E-state index in [9.17, 15) is 14.4 Å². The Morgan fingerprint density at radius 2 is 1.62 bits per heavy atom. The van der Waals surface area contributed by atoms with Crippen LogP contribution >= 0.6 is 11.6 Å². The van der Waals surface area contributed by atoms with Crippen molar-refractivity contribution >= 4 is 40.7 Å². The van der Waals surface area contributed by atoms with Crippen LogP contribution in [0.1, 0.15) is 22.3 Å². The van der Waals surface area contributed by atoms with Crippen LogP contribution in [0.5, 0.6) is 0 Å². The highest BCUT2D eigenvalue weighted by Gasteiger charge is 2.59. The number of nitrogens with zero attached hydrogens (tertiary/aromatic N) is 1. The number of carbonyl (C=O) groups excluding carboxylic acids is 3. The van der Waals surface area contributed by atoms with E-state index in [1.165, 1.54) is 4.90 Å². The van der Waals surface area contributed by atoms with Gasteiger partial charge in [0, 0.05) is 16.3 Å². The van der Waals surface area contributed by atoms with Crippen molar-refractivity contribution in [3.8, 4) is 0 Å². The molecular formula is C23H19ClN2O3. The number of allylic oxidation sites excluding steroid dienone is 2. The zero-order valence-corrected chi connectivity index (χ0v) is 16.5. The molecule has 146 valence electrons. The average molecular weight is 407 g/mol. The summed E-state index contributed by atoms with van der Waals surface area (Å²) in [5.41, 5.74) is 2.40. The second-order valence-electron chi connectivity index (χ2n) is 7.93. The van der Waals surface area contributed by atoms with Crippen LogP contribution in [0.15, 0.2) is 54.6 Å². The van der Waals surface area contributed by atoms with Crippen molar-refractivity contribution in [3.05, 3.63) is 70.8 Å².